The van der Waals surface area contributed by atoms with Crippen molar-refractivity contribution in [3.63, 3.8) is 0 Å². The smallest absolute Gasteiger partial charge is 0.268 e. The number of amides is 4. The Morgan fingerprint density at radius 2 is 1.04 bits per heavy atom. The van der Waals surface area contributed by atoms with Gasteiger partial charge >= 0.3 is 0 Å². The van der Waals surface area contributed by atoms with E-state index in [1.807, 2.05) is 0 Å². The van der Waals surface area contributed by atoms with Crippen molar-refractivity contribution in [3.05, 3.63) is 70.8 Å². The first-order valence-corrected chi connectivity index (χ1v) is 7.96. The Bertz CT molecular complexity index is 1020. The fourth-order valence-corrected chi connectivity index (χ4v) is 3.20. The van der Waals surface area contributed by atoms with Gasteiger partial charge in [-0.05, 0) is 24.3 Å². The van der Waals surface area contributed by atoms with Gasteiger partial charge in [0.1, 0.15) is 0 Å². The van der Waals surface area contributed by atoms with E-state index in [1.165, 1.54) is 24.3 Å². The Balaban J connectivity index is 1.52. The molecule has 0 aliphatic carbocycles. The van der Waals surface area contributed by atoms with Crippen LogP contribution in [0.25, 0.3) is 0 Å². The number of hydrogen-bond acceptors (Lipinski definition) is 6. The standard InChI is InChI=1S/C18H9N5O4/c24-13-9-5-1-2-6-10(9)14(25)22(13)17-19-18(21-20-17)23-15(26)11-7-3-4-8-12(11)16(23)27/h1-8H,(H,19,20,21). The minimum atomic E-state index is -0.566. The largest absolute Gasteiger partial charge is 0.268 e. The van der Waals surface area contributed by atoms with Crippen LogP contribution in [-0.4, -0.2) is 38.8 Å². The number of carbonyl (C=O) groups is 4. The van der Waals surface area contributed by atoms with E-state index in [1.54, 1.807) is 24.3 Å². The Morgan fingerprint density at radius 3 is 1.48 bits per heavy atom. The molecular formula is C18H9N5O4. The molecule has 0 unspecified atom stereocenters. The van der Waals surface area contributed by atoms with Crippen molar-refractivity contribution >= 4 is 35.5 Å². The fourth-order valence-electron chi connectivity index (χ4n) is 3.20. The van der Waals surface area contributed by atoms with Crippen LogP contribution < -0.4 is 9.80 Å². The minimum Gasteiger partial charge on any atom is -0.268 e. The van der Waals surface area contributed by atoms with Crippen LogP contribution in [0.4, 0.5) is 11.9 Å². The summed E-state index contributed by atoms with van der Waals surface area (Å²) < 4.78 is 0. The summed E-state index contributed by atoms with van der Waals surface area (Å²) in [5.74, 6) is -2.63. The lowest BCUT2D eigenvalue weighted by Crippen LogP contribution is -2.32. The Labute approximate surface area is 151 Å². The maximum atomic E-state index is 12.5. The number of aromatic amines is 1. The van der Waals surface area contributed by atoms with Crippen LogP contribution >= 0.6 is 0 Å². The molecule has 5 rings (SSSR count). The number of fused-ring (bicyclic) bond motifs is 2. The van der Waals surface area contributed by atoms with E-state index in [2.05, 4.69) is 15.2 Å². The summed E-state index contributed by atoms with van der Waals surface area (Å²) in [6.07, 6.45) is 0. The second-order valence-electron chi connectivity index (χ2n) is 5.94. The lowest BCUT2D eigenvalue weighted by atomic mass is 10.1. The van der Waals surface area contributed by atoms with E-state index < -0.39 is 23.6 Å². The van der Waals surface area contributed by atoms with Crippen molar-refractivity contribution in [2.75, 3.05) is 9.80 Å². The predicted octanol–water partition coefficient (Wildman–Crippen LogP) is 1.41. The molecule has 0 fully saturated rings. The predicted molar refractivity (Wildman–Crippen MR) is 91.5 cm³/mol. The molecule has 0 saturated heterocycles. The second kappa shape index (κ2) is 5.18. The van der Waals surface area contributed by atoms with E-state index in [9.17, 15) is 19.2 Å². The summed E-state index contributed by atoms with van der Waals surface area (Å²) in [6.45, 7) is 0. The summed E-state index contributed by atoms with van der Waals surface area (Å²) in [4.78, 5) is 55.7. The first-order valence-electron chi connectivity index (χ1n) is 7.96. The lowest BCUT2D eigenvalue weighted by Gasteiger charge is -2.09. The zero-order valence-electron chi connectivity index (χ0n) is 13.5. The maximum Gasteiger partial charge on any atom is 0.268 e. The SMILES string of the molecule is O=C1c2ccccc2C(=O)N1c1n[nH]c(N2C(=O)c3ccccc3C2=O)n1. The minimum absolute atomic E-state index is 0.159. The summed E-state index contributed by atoms with van der Waals surface area (Å²) in [6, 6.07) is 12.7. The molecule has 0 atom stereocenters. The molecule has 1 aromatic heterocycles. The molecule has 0 radical (unpaired) electrons. The number of anilines is 2. The Hall–Kier alpha value is -4.14. The van der Waals surface area contributed by atoms with Crippen molar-refractivity contribution in [1.29, 1.82) is 0 Å². The van der Waals surface area contributed by atoms with E-state index in [0.29, 0.717) is 0 Å². The topological polar surface area (TPSA) is 116 Å². The number of rotatable bonds is 2. The average molecular weight is 359 g/mol. The van der Waals surface area contributed by atoms with E-state index in [0.717, 1.165) is 9.80 Å². The highest BCUT2D eigenvalue weighted by atomic mass is 16.2. The third-order valence-corrected chi connectivity index (χ3v) is 4.46. The van der Waals surface area contributed by atoms with Crippen LogP contribution in [0.5, 0.6) is 0 Å². The monoisotopic (exact) mass is 359 g/mol. The van der Waals surface area contributed by atoms with Crippen LogP contribution in [0.2, 0.25) is 0 Å². The summed E-state index contributed by atoms with van der Waals surface area (Å²) >= 11 is 0. The van der Waals surface area contributed by atoms with Crippen molar-refractivity contribution in [3.8, 4) is 0 Å². The molecule has 4 amide bonds. The van der Waals surface area contributed by atoms with Gasteiger partial charge in [-0.1, -0.05) is 24.3 Å². The number of benzene rings is 2. The van der Waals surface area contributed by atoms with Gasteiger partial charge in [-0.15, -0.1) is 5.10 Å². The van der Waals surface area contributed by atoms with Gasteiger partial charge in [-0.3, -0.25) is 19.2 Å². The maximum absolute atomic E-state index is 12.5. The number of carbonyl (C=O) groups excluding carboxylic acids is 4. The molecule has 3 aromatic rings. The zero-order chi connectivity index (χ0) is 18.7. The second-order valence-corrected chi connectivity index (χ2v) is 5.94. The molecule has 9 heteroatoms. The molecule has 0 spiro atoms. The van der Waals surface area contributed by atoms with Crippen molar-refractivity contribution in [2.24, 2.45) is 0 Å². The van der Waals surface area contributed by atoms with Gasteiger partial charge < -0.3 is 0 Å². The number of H-pyrrole nitrogens is 1. The summed E-state index contributed by atoms with van der Waals surface area (Å²) in [7, 11) is 0. The number of imide groups is 2. The van der Waals surface area contributed by atoms with E-state index in [-0.39, 0.29) is 34.2 Å². The first kappa shape index (κ1) is 15.1. The van der Waals surface area contributed by atoms with Crippen LogP contribution in [0.3, 0.4) is 0 Å². The molecule has 3 heterocycles. The van der Waals surface area contributed by atoms with E-state index >= 15 is 0 Å². The fraction of sp³-hybridized carbons (Fsp3) is 0. The average Bonchev–Trinajstić information content (AvgIpc) is 3.32. The van der Waals surface area contributed by atoms with Crippen LogP contribution in [0, 0.1) is 0 Å². The molecule has 130 valence electrons. The molecule has 27 heavy (non-hydrogen) atoms. The molecule has 0 bridgehead atoms. The van der Waals surface area contributed by atoms with Gasteiger partial charge in [0.2, 0.25) is 5.95 Å². The molecule has 2 aromatic carbocycles. The van der Waals surface area contributed by atoms with Gasteiger partial charge in [-0.2, -0.15) is 4.98 Å². The lowest BCUT2D eigenvalue weighted by molar-refractivity contribution is 0.0909. The van der Waals surface area contributed by atoms with Crippen LogP contribution in [0.1, 0.15) is 41.4 Å². The quantitative estimate of drug-likeness (QED) is 0.692. The van der Waals surface area contributed by atoms with Crippen LogP contribution in [0.15, 0.2) is 48.5 Å². The first-order chi connectivity index (χ1) is 13.1. The molecule has 0 saturated carbocycles. The third-order valence-electron chi connectivity index (χ3n) is 4.46. The van der Waals surface area contributed by atoms with Crippen LogP contribution in [-0.2, 0) is 0 Å². The highest BCUT2D eigenvalue weighted by Crippen LogP contribution is 2.29. The van der Waals surface area contributed by atoms with Crippen molar-refractivity contribution in [1.82, 2.24) is 15.2 Å². The number of aromatic nitrogens is 3. The molecular weight excluding hydrogens is 350 g/mol. The number of nitrogens with zero attached hydrogens (tertiary/aromatic N) is 4. The summed E-state index contributed by atoms with van der Waals surface area (Å²) in [5.41, 5.74) is 0.992. The van der Waals surface area contributed by atoms with Gasteiger partial charge in [-0.25, -0.2) is 14.9 Å². The van der Waals surface area contributed by atoms with Gasteiger partial charge in [0.05, 0.1) is 22.3 Å². The highest BCUT2D eigenvalue weighted by molar-refractivity contribution is 6.35. The molecule has 1 N–H and O–H groups in total. The highest BCUT2D eigenvalue weighted by Gasteiger charge is 2.41. The summed E-state index contributed by atoms with van der Waals surface area (Å²) in [5, 5.41) is 6.33. The number of hydrogen-bond donors (Lipinski definition) is 1. The molecule has 9 nitrogen and oxygen atoms in total. The van der Waals surface area contributed by atoms with E-state index in [4.69, 9.17) is 0 Å². The van der Waals surface area contributed by atoms with Gasteiger partial charge in [0, 0.05) is 0 Å². The van der Waals surface area contributed by atoms with Crippen molar-refractivity contribution < 1.29 is 19.2 Å². The van der Waals surface area contributed by atoms with Gasteiger partial charge in [0.15, 0.2) is 0 Å². The van der Waals surface area contributed by atoms with Crippen molar-refractivity contribution in [2.45, 2.75) is 0 Å². The normalized spacial score (nSPS) is 15.6. The Kier molecular flexibility index (Phi) is 2.90. The molecule has 2 aliphatic rings. The third kappa shape index (κ3) is 1.93. The zero-order valence-corrected chi connectivity index (χ0v) is 13.5. The Morgan fingerprint density at radius 1 is 0.630 bits per heavy atom. The number of nitrogens with one attached hydrogen (secondary N) is 1. The van der Waals surface area contributed by atoms with Gasteiger partial charge in [0.25, 0.3) is 29.6 Å². The molecule has 2 aliphatic heterocycles.